The Bertz CT molecular complexity index is 616. The fourth-order valence-corrected chi connectivity index (χ4v) is 2.29. The summed E-state index contributed by atoms with van der Waals surface area (Å²) < 4.78 is 7.23. The first kappa shape index (κ1) is 11.3. The van der Waals surface area contributed by atoms with Crippen LogP contribution >= 0.6 is 15.9 Å². The van der Waals surface area contributed by atoms with Gasteiger partial charge >= 0.3 is 0 Å². The molecule has 0 saturated carbocycles. The molecule has 3 nitrogen and oxygen atoms in total. The van der Waals surface area contributed by atoms with Crippen molar-refractivity contribution >= 4 is 15.9 Å². The smallest absolute Gasteiger partial charge is 0.121 e. The molecule has 18 heavy (non-hydrogen) atoms. The molecule has 0 aliphatic rings. The van der Waals surface area contributed by atoms with Gasteiger partial charge in [-0.3, -0.25) is 0 Å². The summed E-state index contributed by atoms with van der Waals surface area (Å²) in [7, 11) is 0. The SMILES string of the molecule is BrC(c1cnn(-c2ccccc2)c1)c1ccco1. The van der Waals surface area contributed by atoms with Gasteiger partial charge in [-0.2, -0.15) is 5.10 Å². The third-order valence-corrected chi connectivity index (χ3v) is 3.69. The van der Waals surface area contributed by atoms with Gasteiger partial charge in [-0.25, -0.2) is 4.68 Å². The third kappa shape index (κ3) is 2.11. The van der Waals surface area contributed by atoms with Crippen LogP contribution in [0.25, 0.3) is 5.69 Å². The van der Waals surface area contributed by atoms with Gasteiger partial charge in [0.25, 0.3) is 0 Å². The highest BCUT2D eigenvalue weighted by atomic mass is 79.9. The average molecular weight is 303 g/mol. The van der Waals surface area contributed by atoms with Crippen LogP contribution in [0.3, 0.4) is 0 Å². The van der Waals surface area contributed by atoms with Crippen LogP contribution in [0.5, 0.6) is 0 Å². The molecule has 0 spiro atoms. The van der Waals surface area contributed by atoms with E-state index in [1.165, 1.54) is 0 Å². The molecule has 0 N–H and O–H groups in total. The molecule has 4 heteroatoms. The summed E-state index contributed by atoms with van der Waals surface area (Å²) in [6.45, 7) is 0. The van der Waals surface area contributed by atoms with Gasteiger partial charge in [-0.05, 0) is 24.3 Å². The van der Waals surface area contributed by atoms with Crippen molar-refractivity contribution in [3.8, 4) is 5.69 Å². The summed E-state index contributed by atoms with van der Waals surface area (Å²) >= 11 is 3.61. The van der Waals surface area contributed by atoms with E-state index in [1.807, 2.05) is 59.5 Å². The molecule has 0 radical (unpaired) electrons. The van der Waals surface area contributed by atoms with Crippen molar-refractivity contribution in [2.75, 3.05) is 0 Å². The van der Waals surface area contributed by atoms with Gasteiger partial charge in [-0.15, -0.1) is 0 Å². The first-order valence-electron chi connectivity index (χ1n) is 5.62. The van der Waals surface area contributed by atoms with Crippen molar-refractivity contribution in [1.82, 2.24) is 9.78 Å². The molecule has 0 amide bonds. The Hall–Kier alpha value is -1.81. The number of hydrogen-bond acceptors (Lipinski definition) is 2. The molecule has 3 rings (SSSR count). The lowest BCUT2D eigenvalue weighted by Gasteiger charge is -2.03. The standard InChI is InChI=1S/C14H11BrN2O/c15-14(13-7-4-8-18-13)11-9-16-17(10-11)12-5-2-1-3-6-12/h1-10,14H. The second-order valence-electron chi connectivity index (χ2n) is 3.93. The zero-order chi connectivity index (χ0) is 12.4. The maximum absolute atomic E-state index is 5.38. The Kier molecular flexibility index (Phi) is 3.02. The summed E-state index contributed by atoms with van der Waals surface area (Å²) in [5, 5.41) is 4.36. The highest BCUT2D eigenvalue weighted by molar-refractivity contribution is 9.09. The number of furan rings is 1. The molecular weight excluding hydrogens is 292 g/mol. The third-order valence-electron chi connectivity index (χ3n) is 2.71. The van der Waals surface area contributed by atoms with Crippen LogP contribution in [0.4, 0.5) is 0 Å². The summed E-state index contributed by atoms with van der Waals surface area (Å²) in [6.07, 6.45) is 5.51. The highest BCUT2D eigenvalue weighted by Crippen LogP contribution is 2.30. The Morgan fingerprint density at radius 2 is 1.94 bits per heavy atom. The molecule has 3 aromatic rings. The molecule has 0 aliphatic carbocycles. The average Bonchev–Trinajstić information content (AvgIpc) is 3.10. The molecule has 90 valence electrons. The number of hydrogen-bond donors (Lipinski definition) is 0. The number of benzene rings is 1. The van der Waals surface area contributed by atoms with Crippen LogP contribution < -0.4 is 0 Å². The lowest BCUT2D eigenvalue weighted by Crippen LogP contribution is -1.93. The van der Waals surface area contributed by atoms with Gasteiger partial charge in [0.15, 0.2) is 0 Å². The van der Waals surface area contributed by atoms with Crippen LogP contribution in [0, 0.1) is 0 Å². The lowest BCUT2D eigenvalue weighted by atomic mass is 10.2. The van der Waals surface area contributed by atoms with E-state index in [4.69, 9.17) is 4.42 Å². The van der Waals surface area contributed by atoms with Crippen molar-refractivity contribution in [2.45, 2.75) is 4.83 Å². The van der Waals surface area contributed by atoms with Crippen LogP contribution in [0.15, 0.2) is 65.5 Å². The Balaban J connectivity index is 1.90. The minimum atomic E-state index is 0.0324. The molecule has 0 fully saturated rings. The van der Waals surface area contributed by atoms with E-state index in [2.05, 4.69) is 21.0 Å². The summed E-state index contributed by atoms with van der Waals surface area (Å²) in [5.74, 6) is 0.877. The van der Waals surface area contributed by atoms with Crippen molar-refractivity contribution in [1.29, 1.82) is 0 Å². The maximum Gasteiger partial charge on any atom is 0.121 e. The van der Waals surface area contributed by atoms with E-state index in [1.54, 1.807) is 6.26 Å². The molecule has 1 atom stereocenters. The fraction of sp³-hybridized carbons (Fsp3) is 0.0714. The van der Waals surface area contributed by atoms with Crippen molar-refractivity contribution in [2.24, 2.45) is 0 Å². The molecule has 2 aromatic heterocycles. The Labute approximate surface area is 113 Å². The topological polar surface area (TPSA) is 31.0 Å². The minimum Gasteiger partial charge on any atom is -0.468 e. The normalized spacial score (nSPS) is 12.5. The number of para-hydroxylation sites is 1. The van der Waals surface area contributed by atoms with E-state index in [0.29, 0.717) is 0 Å². The molecule has 1 unspecified atom stereocenters. The van der Waals surface area contributed by atoms with Crippen LogP contribution in [-0.2, 0) is 0 Å². The fourth-order valence-electron chi connectivity index (χ4n) is 1.79. The van der Waals surface area contributed by atoms with E-state index >= 15 is 0 Å². The summed E-state index contributed by atoms with van der Waals surface area (Å²) in [6, 6.07) is 13.8. The molecular formula is C14H11BrN2O. The number of nitrogens with zero attached hydrogens (tertiary/aromatic N) is 2. The first-order chi connectivity index (χ1) is 8.84. The molecule has 0 bridgehead atoms. The van der Waals surface area contributed by atoms with E-state index in [0.717, 1.165) is 17.0 Å². The quantitative estimate of drug-likeness (QED) is 0.686. The van der Waals surface area contributed by atoms with E-state index < -0.39 is 0 Å². The van der Waals surface area contributed by atoms with Crippen LogP contribution in [0.2, 0.25) is 0 Å². The van der Waals surface area contributed by atoms with Crippen molar-refractivity contribution < 1.29 is 4.42 Å². The number of alkyl halides is 1. The largest absolute Gasteiger partial charge is 0.468 e. The Morgan fingerprint density at radius 3 is 2.67 bits per heavy atom. The number of aromatic nitrogens is 2. The summed E-state index contributed by atoms with van der Waals surface area (Å²) in [5.41, 5.74) is 2.11. The predicted octanol–water partition coefficient (Wildman–Crippen LogP) is 3.95. The van der Waals surface area contributed by atoms with Crippen molar-refractivity contribution in [3.05, 3.63) is 72.4 Å². The van der Waals surface area contributed by atoms with Gasteiger partial charge in [0.05, 0.1) is 18.1 Å². The second-order valence-corrected chi connectivity index (χ2v) is 4.85. The first-order valence-corrected chi connectivity index (χ1v) is 6.53. The molecule has 0 saturated heterocycles. The van der Waals surface area contributed by atoms with Gasteiger partial charge in [-0.1, -0.05) is 34.1 Å². The highest BCUT2D eigenvalue weighted by Gasteiger charge is 2.15. The monoisotopic (exact) mass is 302 g/mol. The van der Waals surface area contributed by atoms with Crippen molar-refractivity contribution in [3.63, 3.8) is 0 Å². The second kappa shape index (κ2) is 4.82. The van der Waals surface area contributed by atoms with Crippen LogP contribution in [-0.4, -0.2) is 9.78 Å². The summed E-state index contributed by atoms with van der Waals surface area (Å²) in [4.78, 5) is 0.0324. The number of halogens is 1. The minimum absolute atomic E-state index is 0.0324. The molecule has 1 aromatic carbocycles. The zero-order valence-electron chi connectivity index (χ0n) is 9.53. The van der Waals surface area contributed by atoms with Gasteiger partial charge in [0, 0.05) is 11.8 Å². The van der Waals surface area contributed by atoms with Crippen LogP contribution in [0.1, 0.15) is 16.2 Å². The predicted molar refractivity (Wildman–Crippen MR) is 73.0 cm³/mol. The maximum atomic E-state index is 5.38. The molecule has 2 heterocycles. The number of rotatable bonds is 3. The van der Waals surface area contributed by atoms with E-state index in [9.17, 15) is 0 Å². The molecule has 0 aliphatic heterocycles. The zero-order valence-corrected chi connectivity index (χ0v) is 11.1. The van der Waals surface area contributed by atoms with E-state index in [-0.39, 0.29) is 4.83 Å². The van der Waals surface area contributed by atoms with Gasteiger partial charge < -0.3 is 4.42 Å². The Morgan fingerprint density at radius 1 is 1.11 bits per heavy atom. The lowest BCUT2D eigenvalue weighted by molar-refractivity contribution is 0.519. The van der Waals surface area contributed by atoms with Gasteiger partial charge in [0.2, 0.25) is 0 Å². The van der Waals surface area contributed by atoms with Gasteiger partial charge in [0.1, 0.15) is 10.6 Å².